The average molecular weight is 272 g/mol. The SMILES string of the molecule is O=C(O)CC1CSCCN1CCC(=O)NC1CC1. The smallest absolute Gasteiger partial charge is 0.304 e. The number of carbonyl (C=O) groups is 2. The third kappa shape index (κ3) is 4.49. The third-order valence-corrected chi connectivity index (χ3v) is 4.42. The minimum absolute atomic E-state index is 0.0787. The number of carbonyl (C=O) groups excluding carboxylic acids is 1. The van der Waals surface area contributed by atoms with Crippen LogP contribution in [0.3, 0.4) is 0 Å². The van der Waals surface area contributed by atoms with Gasteiger partial charge >= 0.3 is 5.97 Å². The zero-order valence-corrected chi connectivity index (χ0v) is 11.2. The largest absolute Gasteiger partial charge is 0.481 e. The van der Waals surface area contributed by atoms with Gasteiger partial charge in [-0.25, -0.2) is 0 Å². The van der Waals surface area contributed by atoms with E-state index in [2.05, 4.69) is 10.2 Å². The summed E-state index contributed by atoms with van der Waals surface area (Å²) in [7, 11) is 0. The summed E-state index contributed by atoms with van der Waals surface area (Å²) in [5, 5.41) is 11.8. The minimum atomic E-state index is -0.755. The van der Waals surface area contributed by atoms with Gasteiger partial charge in [0.1, 0.15) is 0 Å². The van der Waals surface area contributed by atoms with Gasteiger partial charge in [0.25, 0.3) is 0 Å². The maximum atomic E-state index is 11.6. The van der Waals surface area contributed by atoms with Crippen LogP contribution in [0.5, 0.6) is 0 Å². The lowest BCUT2D eigenvalue weighted by Crippen LogP contribution is -2.45. The van der Waals surface area contributed by atoms with E-state index in [-0.39, 0.29) is 18.4 Å². The van der Waals surface area contributed by atoms with Crippen LogP contribution in [0.2, 0.25) is 0 Å². The Morgan fingerprint density at radius 3 is 2.83 bits per heavy atom. The minimum Gasteiger partial charge on any atom is -0.481 e. The fourth-order valence-electron chi connectivity index (χ4n) is 2.15. The molecule has 1 unspecified atom stereocenters. The molecule has 1 saturated carbocycles. The highest BCUT2D eigenvalue weighted by molar-refractivity contribution is 7.99. The third-order valence-electron chi connectivity index (χ3n) is 3.33. The normalized spacial score (nSPS) is 24.8. The summed E-state index contributed by atoms with van der Waals surface area (Å²) >= 11 is 1.80. The maximum absolute atomic E-state index is 11.6. The van der Waals surface area contributed by atoms with E-state index in [1.54, 1.807) is 11.8 Å². The molecule has 102 valence electrons. The van der Waals surface area contributed by atoms with E-state index in [4.69, 9.17) is 5.11 Å². The van der Waals surface area contributed by atoms with Crippen LogP contribution in [0, 0.1) is 0 Å². The van der Waals surface area contributed by atoms with E-state index in [1.807, 2.05) is 0 Å². The summed E-state index contributed by atoms with van der Waals surface area (Å²) in [6.07, 6.45) is 2.87. The molecular formula is C12H20N2O3S. The van der Waals surface area contributed by atoms with Crippen molar-refractivity contribution in [1.82, 2.24) is 10.2 Å². The Morgan fingerprint density at radius 1 is 1.39 bits per heavy atom. The summed E-state index contributed by atoms with van der Waals surface area (Å²) in [6.45, 7) is 1.57. The van der Waals surface area contributed by atoms with Crippen LogP contribution in [-0.2, 0) is 9.59 Å². The molecule has 0 aromatic rings. The molecule has 6 heteroatoms. The summed E-state index contributed by atoms with van der Waals surface area (Å²) in [6, 6.07) is 0.485. The van der Waals surface area contributed by atoms with Crippen LogP contribution < -0.4 is 5.32 Å². The molecule has 0 spiro atoms. The summed E-state index contributed by atoms with van der Waals surface area (Å²) in [4.78, 5) is 24.5. The van der Waals surface area contributed by atoms with Crippen LogP contribution >= 0.6 is 11.8 Å². The zero-order chi connectivity index (χ0) is 13.0. The second-order valence-electron chi connectivity index (χ2n) is 4.95. The summed E-state index contributed by atoms with van der Waals surface area (Å²) in [5.41, 5.74) is 0. The van der Waals surface area contributed by atoms with Crippen molar-refractivity contribution in [2.75, 3.05) is 24.6 Å². The molecule has 1 saturated heterocycles. The van der Waals surface area contributed by atoms with E-state index < -0.39 is 5.97 Å². The summed E-state index contributed by atoms with van der Waals surface area (Å²) < 4.78 is 0. The number of carboxylic acids is 1. The van der Waals surface area contributed by atoms with Gasteiger partial charge in [0, 0.05) is 43.1 Å². The molecular weight excluding hydrogens is 252 g/mol. The average Bonchev–Trinajstić information content (AvgIpc) is 3.11. The van der Waals surface area contributed by atoms with Crippen molar-refractivity contribution in [2.24, 2.45) is 0 Å². The maximum Gasteiger partial charge on any atom is 0.304 e. The molecule has 1 aliphatic carbocycles. The molecule has 5 nitrogen and oxygen atoms in total. The molecule has 0 bridgehead atoms. The van der Waals surface area contributed by atoms with E-state index in [1.165, 1.54) is 0 Å². The number of carboxylic acid groups (broad SMARTS) is 1. The molecule has 1 atom stereocenters. The number of nitrogens with one attached hydrogen (secondary N) is 1. The number of rotatable bonds is 6. The van der Waals surface area contributed by atoms with Gasteiger partial charge in [-0.2, -0.15) is 11.8 Å². The standard InChI is InChI=1S/C12H20N2O3S/c15-11(13-9-1-2-9)3-4-14-5-6-18-8-10(14)7-12(16)17/h9-10H,1-8H2,(H,13,15)(H,16,17). The lowest BCUT2D eigenvalue weighted by Gasteiger charge is -2.34. The van der Waals surface area contributed by atoms with Crippen LogP contribution in [0.15, 0.2) is 0 Å². The molecule has 2 rings (SSSR count). The van der Waals surface area contributed by atoms with Crippen molar-refractivity contribution in [3.05, 3.63) is 0 Å². The van der Waals surface area contributed by atoms with Gasteiger partial charge in [0.15, 0.2) is 0 Å². The Bertz CT molecular complexity index is 320. The highest BCUT2D eigenvalue weighted by Gasteiger charge is 2.26. The first-order valence-electron chi connectivity index (χ1n) is 6.48. The number of nitrogens with zero attached hydrogens (tertiary/aromatic N) is 1. The van der Waals surface area contributed by atoms with Crippen molar-refractivity contribution >= 4 is 23.6 Å². The predicted octanol–water partition coefficient (Wildman–Crippen LogP) is 0.547. The Hall–Kier alpha value is -0.750. The molecule has 18 heavy (non-hydrogen) atoms. The Kier molecular flexibility index (Phi) is 4.88. The first-order valence-corrected chi connectivity index (χ1v) is 7.63. The molecule has 0 aromatic carbocycles. The number of hydrogen-bond acceptors (Lipinski definition) is 4. The lowest BCUT2D eigenvalue weighted by molar-refractivity contribution is -0.138. The number of amides is 1. The lowest BCUT2D eigenvalue weighted by atomic mass is 10.2. The molecule has 1 aliphatic heterocycles. The van der Waals surface area contributed by atoms with Gasteiger partial charge in [0.2, 0.25) is 5.91 Å². The topological polar surface area (TPSA) is 69.6 Å². The second kappa shape index (κ2) is 6.43. The van der Waals surface area contributed by atoms with Gasteiger partial charge < -0.3 is 10.4 Å². The van der Waals surface area contributed by atoms with Gasteiger partial charge in [-0.05, 0) is 12.8 Å². The molecule has 0 aromatic heterocycles. The van der Waals surface area contributed by atoms with Gasteiger partial charge in [-0.1, -0.05) is 0 Å². The van der Waals surface area contributed by atoms with Crippen molar-refractivity contribution in [3.63, 3.8) is 0 Å². The molecule has 2 N–H and O–H groups in total. The Labute approximate surface area is 111 Å². The fourth-order valence-corrected chi connectivity index (χ4v) is 3.28. The van der Waals surface area contributed by atoms with Gasteiger partial charge in [-0.15, -0.1) is 0 Å². The van der Waals surface area contributed by atoms with Crippen molar-refractivity contribution < 1.29 is 14.7 Å². The highest BCUT2D eigenvalue weighted by Crippen LogP contribution is 2.20. The number of aliphatic carboxylic acids is 1. The molecule has 0 radical (unpaired) electrons. The van der Waals surface area contributed by atoms with Crippen LogP contribution in [0.25, 0.3) is 0 Å². The van der Waals surface area contributed by atoms with Crippen molar-refractivity contribution in [2.45, 2.75) is 37.8 Å². The van der Waals surface area contributed by atoms with E-state index >= 15 is 0 Å². The van der Waals surface area contributed by atoms with E-state index in [0.717, 1.165) is 30.9 Å². The Balaban J connectivity index is 1.73. The van der Waals surface area contributed by atoms with E-state index in [9.17, 15) is 9.59 Å². The van der Waals surface area contributed by atoms with Gasteiger partial charge in [0.05, 0.1) is 6.42 Å². The predicted molar refractivity (Wildman–Crippen MR) is 70.7 cm³/mol. The monoisotopic (exact) mass is 272 g/mol. The number of hydrogen-bond donors (Lipinski definition) is 2. The van der Waals surface area contributed by atoms with E-state index in [0.29, 0.717) is 19.0 Å². The molecule has 1 heterocycles. The summed E-state index contributed by atoms with van der Waals surface area (Å²) in [5.74, 6) is 1.23. The fraction of sp³-hybridized carbons (Fsp3) is 0.833. The second-order valence-corrected chi connectivity index (χ2v) is 6.10. The quantitative estimate of drug-likeness (QED) is 0.739. The van der Waals surface area contributed by atoms with Crippen molar-refractivity contribution in [1.29, 1.82) is 0 Å². The number of thioether (sulfide) groups is 1. The zero-order valence-electron chi connectivity index (χ0n) is 10.4. The molecule has 1 amide bonds. The van der Waals surface area contributed by atoms with Crippen LogP contribution in [0.4, 0.5) is 0 Å². The van der Waals surface area contributed by atoms with Crippen LogP contribution in [-0.4, -0.2) is 58.6 Å². The van der Waals surface area contributed by atoms with Crippen LogP contribution in [0.1, 0.15) is 25.7 Å². The highest BCUT2D eigenvalue weighted by atomic mass is 32.2. The first-order chi connectivity index (χ1) is 8.65. The Morgan fingerprint density at radius 2 is 2.17 bits per heavy atom. The van der Waals surface area contributed by atoms with Crippen molar-refractivity contribution in [3.8, 4) is 0 Å². The van der Waals surface area contributed by atoms with Gasteiger partial charge in [-0.3, -0.25) is 14.5 Å². The first kappa shape index (κ1) is 13.7. The molecule has 2 fully saturated rings. The molecule has 2 aliphatic rings.